The number of hydrogen-bond donors (Lipinski definition) is 0. The van der Waals surface area contributed by atoms with Gasteiger partial charge in [-0.3, -0.25) is 0 Å². The van der Waals surface area contributed by atoms with E-state index in [2.05, 4.69) is 211 Å². The molecule has 0 amide bonds. The molecule has 0 aliphatic carbocycles. The van der Waals surface area contributed by atoms with E-state index in [-0.39, 0.29) is 0 Å². The fourth-order valence-corrected chi connectivity index (χ4v) is 10.4. The topological polar surface area (TPSA) is 16.4 Å². The molecule has 2 heterocycles. The second-order valence-electron chi connectivity index (χ2n) is 15.2. The van der Waals surface area contributed by atoms with E-state index in [9.17, 15) is 0 Å². The van der Waals surface area contributed by atoms with Gasteiger partial charge in [-0.2, -0.15) is 0 Å². The maximum absolute atomic E-state index is 6.33. The zero-order valence-electron chi connectivity index (χ0n) is 32.0. The second-order valence-corrected chi connectivity index (χ2v) is 16.3. The fraction of sp³-hybridized carbons (Fsp3) is 0. The van der Waals surface area contributed by atoms with Crippen molar-refractivity contribution in [1.29, 1.82) is 0 Å². The SMILES string of the molecule is c1ccc(-c2cccc3c2sc2c(N(c4ccc(-c5ccc6c(ccc7ccccc76)c5)cc4)c4cccc(-c5cccc6oc7ccccc7c56)c4)cccc23)cc1. The third-order valence-electron chi connectivity index (χ3n) is 11.9. The summed E-state index contributed by atoms with van der Waals surface area (Å²) in [4.78, 5) is 2.44. The van der Waals surface area contributed by atoms with Crippen LogP contribution in [0.1, 0.15) is 0 Å². The fourth-order valence-electron chi connectivity index (χ4n) is 9.08. The molecule has 0 atom stereocenters. The third kappa shape index (κ3) is 5.55. The standard InChI is InChI=1S/C56H35NOS/c1-2-12-37(13-3-1)47-20-9-21-48-49-22-10-23-51(56(49)59-55(47)48)57(43-16-8-15-40(35-43)46-19-11-25-53-54(46)50-18-6-7-24-52(50)58-53)42-31-28-36(29-32-42)39-30-33-45-41(34-39)27-26-38-14-4-5-17-44(38)45/h1-35H. The molecule has 3 heteroatoms. The number of hydrogen-bond acceptors (Lipinski definition) is 3. The highest BCUT2D eigenvalue weighted by molar-refractivity contribution is 7.27. The van der Waals surface area contributed by atoms with E-state index in [0.717, 1.165) is 50.1 Å². The van der Waals surface area contributed by atoms with Gasteiger partial charge < -0.3 is 9.32 Å². The van der Waals surface area contributed by atoms with Crippen molar-refractivity contribution in [3.63, 3.8) is 0 Å². The maximum Gasteiger partial charge on any atom is 0.136 e. The summed E-state index contributed by atoms with van der Waals surface area (Å²) in [5.74, 6) is 0. The highest BCUT2D eigenvalue weighted by Gasteiger charge is 2.21. The maximum atomic E-state index is 6.33. The van der Waals surface area contributed by atoms with Gasteiger partial charge in [0.25, 0.3) is 0 Å². The predicted molar refractivity (Wildman–Crippen MR) is 253 cm³/mol. The number of furan rings is 1. The molecule has 0 aliphatic heterocycles. The molecule has 0 N–H and O–H groups in total. The lowest BCUT2D eigenvalue weighted by Gasteiger charge is -2.27. The van der Waals surface area contributed by atoms with Gasteiger partial charge in [0.2, 0.25) is 0 Å². The summed E-state index contributed by atoms with van der Waals surface area (Å²) >= 11 is 1.88. The molecular weight excluding hydrogens is 735 g/mol. The Bertz CT molecular complexity index is 3560. The van der Waals surface area contributed by atoms with Gasteiger partial charge in [0.15, 0.2) is 0 Å². The molecule has 2 nitrogen and oxygen atoms in total. The largest absolute Gasteiger partial charge is 0.456 e. The Balaban J connectivity index is 1.04. The number of fused-ring (bicyclic) bond motifs is 9. The molecule has 0 saturated heterocycles. The average Bonchev–Trinajstić information content (AvgIpc) is 3.89. The summed E-state index contributed by atoms with van der Waals surface area (Å²) in [6, 6.07) is 77.0. The van der Waals surface area contributed by atoms with Gasteiger partial charge in [-0.05, 0) is 103 Å². The van der Waals surface area contributed by atoms with Crippen molar-refractivity contribution in [3.8, 4) is 33.4 Å². The van der Waals surface area contributed by atoms with Gasteiger partial charge in [0.1, 0.15) is 11.2 Å². The Morgan fingerprint density at radius 3 is 1.88 bits per heavy atom. The quantitative estimate of drug-likeness (QED) is 0.157. The number of thiophene rings is 1. The van der Waals surface area contributed by atoms with Gasteiger partial charge in [0.05, 0.1) is 10.4 Å². The van der Waals surface area contributed by atoms with Crippen LogP contribution < -0.4 is 4.90 Å². The summed E-state index contributed by atoms with van der Waals surface area (Å²) in [6.45, 7) is 0. The predicted octanol–water partition coefficient (Wildman–Crippen LogP) is 16.7. The minimum absolute atomic E-state index is 0.896. The smallest absolute Gasteiger partial charge is 0.136 e. The molecule has 0 saturated carbocycles. The van der Waals surface area contributed by atoms with Crippen LogP contribution in [0.2, 0.25) is 0 Å². The normalized spacial score (nSPS) is 11.7. The molecule has 0 bridgehead atoms. The zero-order chi connectivity index (χ0) is 38.9. The van der Waals surface area contributed by atoms with E-state index in [1.807, 2.05) is 17.4 Å². The van der Waals surface area contributed by atoms with Crippen molar-refractivity contribution in [3.05, 3.63) is 212 Å². The van der Waals surface area contributed by atoms with Crippen LogP contribution in [0.15, 0.2) is 217 Å². The Morgan fingerprint density at radius 2 is 0.983 bits per heavy atom. The van der Waals surface area contributed by atoms with E-state index in [4.69, 9.17) is 4.42 Å². The Hall–Kier alpha value is -7.46. The Kier molecular flexibility index (Phi) is 7.75. The van der Waals surface area contributed by atoms with Crippen LogP contribution in [0.25, 0.3) is 97.0 Å². The second kappa shape index (κ2) is 13.6. The van der Waals surface area contributed by atoms with Crippen LogP contribution >= 0.6 is 11.3 Å². The summed E-state index contributed by atoms with van der Waals surface area (Å²) in [7, 11) is 0. The summed E-state index contributed by atoms with van der Waals surface area (Å²) < 4.78 is 8.88. The van der Waals surface area contributed by atoms with Crippen molar-refractivity contribution in [2.75, 3.05) is 4.90 Å². The first kappa shape index (κ1) is 33.7. The number of rotatable bonds is 6. The van der Waals surface area contributed by atoms with Crippen molar-refractivity contribution in [2.24, 2.45) is 0 Å². The Labute approximate surface area is 345 Å². The molecule has 0 aliphatic rings. The van der Waals surface area contributed by atoms with E-state index >= 15 is 0 Å². The molecular formula is C56H35NOS. The van der Waals surface area contributed by atoms with Crippen LogP contribution in [0, 0.1) is 0 Å². The molecule has 12 rings (SSSR count). The lowest BCUT2D eigenvalue weighted by Crippen LogP contribution is -2.10. The van der Waals surface area contributed by atoms with E-state index in [1.165, 1.54) is 64.0 Å². The van der Waals surface area contributed by atoms with Gasteiger partial charge in [-0.25, -0.2) is 0 Å². The molecule has 0 fully saturated rings. The summed E-state index contributed by atoms with van der Waals surface area (Å²) in [5, 5.41) is 9.88. The number of para-hydroxylation sites is 1. The molecule has 12 aromatic rings. The number of benzene rings is 10. The highest BCUT2D eigenvalue weighted by atomic mass is 32.1. The van der Waals surface area contributed by atoms with Crippen LogP contribution in [-0.4, -0.2) is 0 Å². The average molecular weight is 770 g/mol. The van der Waals surface area contributed by atoms with Crippen molar-refractivity contribution in [2.45, 2.75) is 0 Å². The van der Waals surface area contributed by atoms with Crippen LogP contribution in [0.3, 0.4) is 0 Å². The molecule has 0 unspecified atom stereocenters. The number of anilines is 3. The minimum Gasteiger partial charge on any atom is -0.456 e. The van der Waals surface area contributed by atoms with Crippen LogP contribution in [0.5, 0.6) is 0 Å². The molecule has 10 aromatic carbocycles. The lowest BCUT2D eigenvalue weighted by atomic mass is 9.97. The first-order chi connectivity index (χ1) is 29.2. The van der Waals surface area contributed by atoms with Gasteiger partial charge >= 0.3 is 0 Å². The summed E-state index contributed by atoms with van der Waals surface area (Å²) in [6.07, 6.45) is 0. The monoisotopic (exact) mass is 769 g/mol. The van der Waals surface area contributed by atoms with E-state index in [0.29, 0.717) is 0 Å². The minimum atomic E-state index is 0.896. The first-order valence-electron chi connectivity index (χ1n) is 20.1. The highest BCUT2D eigenvalue weighted by Crippen LogP contribution is 2.48. The molecule has 59 heavy (non-hydrogen) atoms. The van der Waals surface area contributed by atoms with Gasteiger partial charge in [-0.15, -0.1) is 11.3 Å². The van der Waals surface area contributed by atoms with Crippen LogP contribution in [0.4, 0.5) is 17.1 Å². The van der Waals surface area contributed by atoms with Crippen molar-refractivity contribution >= 4 is 92.1 Å². The van der Waals surface area contributed by atoms with Crippen molar-refractivity contribution < 1.29 is 4.42 Å². The van der Waals surface area contributed by atoms with Crippen LogP contribution in [-0.2, 0) is 0 Å². The van der Waals surface area contributed by atoms with Gasteiger partial charge in [-0.1, -0.05) is 164 Å². The molecule has 2 aromatic heterocycles. The lowest BCUT2D eigenvalue weighted by molar-refractivity contribution is 0.669. The molecule has 0 radical (unpaired) electrons. The summed E-state index contributed by atoms with van der Waals surface area (Å²) in [5.41, 5.74) is 12.3. The Morgan fingerprint density at radius 1 is 0.339 bits per heavy atom. The number of nitrogens with zero attached hydrogens (tertiary/aromatic N) is 1. The van der Waals surface area contributed by atoms with E-state index < -0.39 is 0 Å². The zero-order valence-corrected chi connectivity index (χ0v) is 32.8. The molecule has 276 valence electrons. The third-order valence-corrected chi connectivity index (χ3v) is 13.1. The van der Waals surface area contributed by atoms with Gasteiger partial charge in [0, 0.05) is 37.6 Å². The first-order valence-corrected chi connectivity index (χ1v) is 20.9. The molecule has 0 spiro atoms. The van der Waals surface area contributed by atoms with Crippen molar-refractivity contribution in [1.82, 2.24) is 0 Å². The van der Waals surface area contributed by atoms with E-state index in [1.54, 1.807) is 0 Å².